The predicted octanol–water partition coefficient (Wildman–Crippen LogP) is -0.0204. The van der Waals surface area contributed by atoms with Gasteiger partial charge in [-0.05, 0) is 28.2 Å². The van der Waals surface area contributed by atoms with E-state index in [0.29, 0.717) is 25.9 Å². The number of esters is 2. The molecule has 0 unspecified atom stereocenters. The number of rotatable bonds is 8. The maximum absolute atomic E-state index is 11.2. The summed E-state index contributed by atoms with van der Waals surface area (Å²) < 4.78 is 9.78. The Hall–Kier alpha value is -1.58. The van der Waals surface area contributed by atoms with Crippen LogP contribution in [0.4, 0.5) is 0 Å². The summed E-state index contributed by atoms with van der Waals surface area (Å²) in [6, 6.07) is 0. The molecule has 0 aliphatic rings. The molecule has 20 heavy (non-hydrogen) atoms. The van der Waals surface area contributed by atoms with Crippen LogP contribution in [0.15, 0.2) is 0 Å². The normalized spacial score (nSPS) is 10.1. The topological polar surface area (TPSA) is 59.1 Å². The zero-order chi connectivity index (χ0) is 15.4. The Kier molecular flexibility index (Phi) is 10.4. The van der Waals surface area contributed by atoms with Crippen LogP contribution in [0, 0.1) is 11.8 Å². The second kappa shape index (κ2) is 11.3. The maximum atomic E-state index is 11.2. The molecule has 0 aromatic rings. The molecule has 0 bridgehead atoms. The van der Waals surface area contributed by atoms with Crippen LogP contribution in [0.25, 0.3) is 0 Å². The first-order valence-electron chi connectivity index (χ1n) is 6.48. The molecule has 0 saturated heterocycles. The summed E-state index contributed by atoms with van der Waals surface area (Å²) >= 11 is 0. The SMILES string of the molecule is CN(C)CCC(=O)OCC#CCOC(=O)CCN(C)C. The molecule has 0 heterocycles. The minimum Gasteiger partial charge on any atom is -0.452 e. The summed E-state index contributed by atoms with van der Waals surface area (Å²) in [6.07, 6.45) is 0.683. The number of nitrogens with zero attached hydrogens (tertiary/aromatic N) is 2. The van der Waals surface area contributed by atoms with Crippen molar-refractivity contribution in [2.75, 3.05) is 54.5 Å². The van der Waals surface area contributed by atoms with Crippen LogP contribution in [-0.2, 0) is 19.1 Å². The van der Waals surface area contributed by atoms with Crippen molar-refractivity contribution in [2.45, 2.75) is 12.8 Å². The van der Waals surface area contributed by atoms with Crippen molar-refractivity contribution in [1.29, 1.82) is 0 Å². The molecule has 0 saturated carbocycles. The van der Waals surface area contributed by atoms with Gasteiger partial charge in [0, 0.05) is 13.1 Å². The van der Waals surface area contributed by atoms with Crippen LogP contribution in [0.1, 0.15) is 12.8 Å². The highest BCUT2D eigenvalue weighted by molar-refractivity contribution is 5.70. The molecule has 0 aromatic heterocycles. The van der Waals surface area contributed by atoms with Gasteiger partial charge in [0.2, 0.25) is 0 Å². The molecule has 0 atom stereocenters. The average Bonchev–Trinajstić information content (AvgIpc) is 2.37. The molecule has 0 N–H and O–H groups in total. The zero-order valence-corrected chi connectivity index (χ0v) is 12.8. The van der Waals surface area contributed by atoms with Crippen LogP contribution < -0.4 is 0 Å². The van der Waals surface area contributed by atoms with Gasteiger partial charge in [-0.3, -0.25) is 9.59 Å². The van der Waals surface area contributed by atoms with E-state index < -0.39 is 0 Å². The van der Waals surface area contributed by atoms with Gasteiger partial charge in [0.15, 0.2) is 13.2 Å². The van der Waals surface area contributed by atoms with Crippen LogP contribution >= 0.6 is 0 Å². The quantitative estimate of drug-likeness (QED) is 0.461. The van der Waals surface area contributed by atoms with E-state index in [0.717, 1.165) is 0 Å². The summed E-state index contributed by atoms with van der Waals surface area (Å²) in [5, 5.41) is 0. The molecular formula is C14H24N2O4. The van der Waals surface area contributed by atoms with E-state index in [1.54, 1.807) is 0 Å². The fraction of sp³-hybridized carbons (Fsp3) is 0.714. The highest BCUT2D eigenvalue weighted by Crippen LogP contribution is 1.89. The largest absolute Gasteiger partial charge is 0.452 e. The van der Waals surface area contributed by atoms with Crippen molar-refractivity contribution in [3.05, 3.63) is 0 Å². The van der Waals surface area contributed by atoms with Gasteiger partial charge in [-0.2, -0.15) is 0 Å². The monoisotopic (exact) mass is 284 g/mol. The molecule has 0 amide bonds. The van der Waals surface area contributed by atoms with Gasteiger partial charge in [0.25, 0.3) is 0 Å². The standard InChI is InChI=1S/C14H24N2O4/c1-15(2)9-7-13(17)19-11-5-6-12-20-14(18)8-10-16(3)4/h7-12H2,1-4H3. The summed E-state index contributed by atoms with van der Waals surface area (Å²) in [4.78, 5) is 26.3. The van der Waals surface area contributed by atoms with Crippen molar-refractivity contribution in [1.82, 2.24) is 9.80 Å². The molecule has 0 fully saturated rings. The number of carbonyl (C=O) groups is 2. The third-order valence-corrected chi connectivity index (χ3v) is 2.26. The first kappa shape index (κ1) is 18.4. The fourth-order valence-electron chi connectivity index (χ4n) is 1.11. The van der Waals surface area contributed by atoms with Gasteiger partial charge in [-0.15, -0.1) is 0 Å². The Labute approximate surface area is 121 Å². The molecule has 114 valence electrons. The molecule has 0 spiro atoms. The summed E-state index contributed by atoms with van der Waals surface area (Å²) in [6.45, 7) is 1.36. The molecule has 0 aromatic carbocycles. The van der Waals surface area contributed by atoms with E-state index in [4.69, 9.17) is 9.47 Å². The Bertz CT molecular complexity index is 324. The smallest absolute Gasteiger partial charge is 0.308 e. The lowest BCUT2D eigenvalue weighted by atomic mass is 10.4. The van der Waals surface area contributed by atoms with Gasteiger partial charge in [-0.1, -0.05) is 11.8 Å². The van der Waals surface area contributed by atoms with Crippen LogP contribution in [0.5, 0.6) is 0 Å². The average molecular weight is 284 g/mol. The van der Waals surface area contributed by atoms with Crippen molar-refractivity contribution < 1.29 is 19.1 Å². The summed E-state index contributed by atoms with van der Waals surface area (Å²) in [5.74, 6) is 4.70. The lowest BCUT2D eigenvalue weighted by Crippen LogP contribution is -2.18. The molecule has 6 heteroatoms. The molecular weight excluding hydrogens is 260 g/mol. The predicted molar refractivity (Wildman–Crippen MR) is 76.0 cm³/mol. The van der Waals surface area contributed by atoms with E-state index in [1.807, 2.05) is 38.0 Å². The van der Waals surface area contributed by atoms with Gasteiger partial charge in [0.05, 0.1) is 12.8 Å². The van der Waals surface area contributed by atoms with Gasteiger partial charge in [-0.25, -0.2) is 0 Å². The Balaban J connectivity index is 3.58. The Morgan fingerprint density at radius 1 is 0.800 bits per heavy atom. The van der Waals surface area contributed by atoms with E-state index >= 15 is 0 Å². The first-order valence-corrected chi connectivity index (χ1v) is 6.48. The highest BCUT2D eigenvalue weighted by atomic mass is 16.5. The highest BCUT2D eigenvalue weighted by Gasteiger charge is 2.02. The van der Waals surface area contributed by atoms with Gasteiger partial charge in [0.1, 0.15) is 0 Å². The van der Waals surface area contributed by atoms with Gasteiger partial charge >= 0.3 is 11.9 Å². The van der Waals surface area contributed by atoms with Crippen molar-refractivity contribution in [2.24, 2.45) is 0 Å². The zero-order valence-electron chi connectivity index (χ0n) is 12.8. The summed E-state index contributed by atoms with van der Waals surface area (Å²) in [7, 11) is 7.55. The van der Waals surface area contributed by atoms with Crippen molar-refractivity contribution in [3.63, 3.8) is 0 Å². The second-order valence-corrected chi connectivity index (χ2v) is 4.78. The third-order valence-electron chi connectivity index (χ3n) is 2.26. The number of hydrogen-bond acceptors (Lipinski definition) is 6. The van der Waals surface area contributed by atoms with Crippen molar-refractivity contribution in [3.8, 4) is 11.8 Å². The molecule has 0 aliphatic heterocycles. The third kappa shape index (κ3) is 12.9. The van der Waals surface area contributed by atoms with E-state index in [9.17, 15) is 9.59 Å². The number of ether oxygens (including phenoxy) is 2. The van der Waals surface area contributed by atoms with E-state index in [2.05, 4.69) is 11.8 Å². The van der Waals surface area contributed by atoms with E-state index in [1.165, 1.54) is 0 Å². The summed E-state index contributed by atoms with van der Waals surface area (Å²) in [5.41, 5.74) is 0. The number of hydrogen-bond donors (Lipinski definition) is 0. The minimum atomic E-state index is -0.282. The minimum absolute atomic E-state index is 0.0293. The Morgan fingerprint density at radius 2 is 1.15 bits per heavy atom. The van der Waals surface area contributed by atoms with E-state index in [-0.39, 0.29) is 25.2 Å². The Morgan fingerprint density at radius 3 is 1.45 bits per heavy atom. The molecule has 0 rings (SSSR count). The fourth-order valence-corrected chi connectivity index (χ4v) is 1.11. The van der Waals surface area contributed by atoms with Crippen molar-refractivity contribution >= 4 is 11.9 Å². The lowest BCUT2D eigenvalue weighted by molar-refractivity contribution is -0.143. The maximum Gasteiger partial charge on any atom is 0.308 e. The second-order valence-electron chi connectivity index (χ2n) is 4.78. The number of carbonyl (C=O) groups excluding carboxylic acids is 2. The van der Waals surface area contributed by atoms with Crippen LogP contribution in [0.2, 0.25) is 0 Å². The molecule has 6 nitrogen and oxygen atoms in total. The van der Waals surface area contributed by atoms with Crippen LogP contribution in [-0.4, -0.2) is 76.2 Å². The molecule has 0 aliphatic carbocycles. The first-order chi connectivity index (χ1) is 9.41. The lowest BCUT2D eigenvalue weighted by Gasteiger charge is -2.07. The van der Waals surface area contributed by atoms with Gasteiger partial charge < -0.3 is 19.3 Å². The van der Waals surface area contributed by atoms with Crippen LogP contribution in [0.3, 0.4) is 0 Å². The molecule has 0 radical (unpaired) electrons.